The van der Waals surface area contributed by atoms with Crippen LogP contribution in [0.5, 0.6) is 5.75 Å². The van der Waals surface area contributed by atoms with Crippen LogP contribution in [0, 0.1) is 10.1 Å². The Hall–Kier alpha value is -3.91. The molecule has 0 saturated heterocycles. The summed E-state index contributed by atoms with van der Waals surface area (Å²) in [7, 11) is 0. The smallest absolute Gasteiger partial charge is 0.345 e. The molecule has 1 aliphatic heterocycles. The average molecular weight is 453 g/mol. The van der Waals surface area contributed by atoms with Gasteiger partial charge in [-0.25, -0.2) is 4.79 Å². The fourth-order valence-corrected chi connectivity index (χ4v) is 3.69. The van der Waals surface area contributed by atoms with Crippen LogP contribution in [0.3, 0.4) is 0 Å². The fraction of sp³-hybridized carbons (Fsp3) is 0.130. The van der Waals surface area contributed by atoms with Crippen molar-refractivity contribution in [3.8, 4) is 5.75 Å². The van der Waals surface area contributed by atoms with E-state index in [-0.39, 0.29) is 17.2 Å². The predicted octanol–water partition coefficient (Wildman–Crippen LogP) is 4.57. The van der Waals surface area contributed by atoms with Crippen molar-refractivity contribution < 1.29 is 24.0 Å². The summed E-state index contributed by atoms with van der Waals surface area (Å²) in [5.41, 5.74) is 0.629. The zero-order valence-corrected chi connectivity index (χ0v) is 17.4. The maximum absolute atomic E-state index is 13.2. The van der Waals surface area contributed by atoms with Crippen molar-refractivity contribution in [2.75, 3.05) is 18.1 Å². The first-order chi connectivity index (χ1) is 15.5. The molecule has 3 aromatic carbocycles. The number of halogens is 1. The summed E-state index contributed by atoms with van der Waals surface area (Å²) in [4.78, 5) is 37.7. The maximum atomic E-state index is 13.2. The van der Waals surface area contributed by atoms with Gasteiger partial charge in [-0.05, 0) is 29.8 Å². The summed E-state index contributed by atoms with van der Waals surface area (Å²) in [5, 5.41) is 11.4. The van der Waals surface area contributed by atoms with Crippen LogP contribution >= 0.6 is 11.6 Å². The number of ether oxygens (including phenoxy) is 2. The SMILES string of the molecule is O=C(OCC(=O)N1c2ccccc2OCC1c1ccccc1)c1ccc(Cl)cc1[N+](=O)[O-]. The van der Waals surface area contributed by atoms with E-state index in [9.17, 15) is 19.7 Å². The van der Waals surface area contributed by atoms with Crippen molar-refractivity contribution in [1.29, 1.82) is 0 Å². The first kappa shape index (κ1) is 21.3. The van der Waals surface area contributed by atoms with E-state index in [2.05, 4.69) is 0 Å². The molecule has 4 rings (SSSR count). The van der Waals surface area contributed by atoms with E-state index in [1.165, 1.54) is 17.0 Å². The van der Waals surface area contributed by atoms with Crippen LogP contribution in [0.2, 0.25) is 5.02 Å². The largest absolute Gasteiger partial charge is 0.489 e. The van der Waals surface area contributed by atoms with Crippen molar-refractivity contribution in [1.82, 2.24) is 0 Å². The first-order valence-electron chi connectivity index (χ1n) is 9.65. The molecule has 32 heavy (non-hydrogen) atoms. The lowest BCUT2D eigenvalue weighted by atomic mass is 10.0. The number of benzene rings is 3. The van der Waals surface area contributed by atoms with Gasteiger partial charge in [-0.2, -0.15) is 0 Å². The minimum Gasteiger partial charge on any atom is -0.489 e. The summed E-state index contributed by atoms with van der Waals surface area (Å²) >= 11 is 5.79. The molecule has 1 unspecified atom stereocenters. The number of amides is 1. The molecule has 0 aromatic heterocycles. The van der Waals surface area contributed by atoms with Crippen LogP contribution in [0.15, 0.2) is 72.8 Å². The number of carbonyl (C=O) groups is 2. The van der Waals surface area contributed by atoms with E-state index in [0.29, 0.717) is 11.4 Å². The Bertz CT molecular complexity index is 1180. The van der Waals surface area contributed by atoms with Crippen molar-refractivity contribution in [2.24, 2.45) is 0 Å². The van der Waals surface area contributed by atoms with Crippen LogP contribution in [-0.4, -0.2) is 30.0 Å². The molecule has 0 radical (unpaired) electrons. The average Bonchev–Trinajstić information content (AvgIpc) is 2.82. The van der Waals surface area contributed by atoms with Crippen molar-refractivity contribution in [3.05, 3.63) is 99.1 Å². The Balaban J connectivity index is 1.58. The Kier molecular flexibility index (Phi) is 6.04. The number of nitrogens with zero attached hydrogens (tertiary/aromatic N) is 2. The quantitative estimate of drug-likeness (QED) is 0.319. The maximum Gasteiger partial charge on any atom is 0.345 e. The van der Waals surface area contributed by atoms with Crippen molar-refractivity contribution >= 4 is 34.9 Å². The highest BCUT2D eigenvalue weighted by Gasteiger charge is 2.34. The second kappa shape index (κ2) is 9.07. The number of esters is 1. The van der Waals surface area contributed by atoms with E-state index in [4.69, 9.17) is 21.1 Å². The zero-order chi connectivity index (χ0) is 22.7. The summed E-state index contributed by atoms with van der Waals surface area (Å²) in [6, 6.07) is 19.6. The molecule has 0 bridgehead atoms. The molecule has 0 N–H and O–H groups in total. The normalized spacial score (nSPS) is 14.8. The molecule has 1 amide bonds. The number of nitro benzene ring substituents is 1. The molecular formula is C23H17ClN2O6. The summed E-state index contributed by atoms with van der Waals surface area (Å²) in [5.74, 6) is -0.938. The molecule has 0 saturated carbocycles. The Labute approximate surface area is 188 Å². The van der Waals surface area contributed by atoms with Gasteiger partial charge >= 0.3 is 5.97 Å². The van der Waals surface area contributed by atoms with Crippen molar-refractivity contribution in [2.45, 2.75) is 6.04 Å². The van der Waals surface area contributed by atoms with Crippen LogP contribution in [0.1, 0.15) is 22.0 Å². The zero-order valence-electron chi connectivity index (χ0n) is 16.6. The molecule has 0 fully saturated rings. The number of anilines is 1. The lowest BCUT2D eigenvalue weighted by Gasteiger charge is -2.37. The van der Waals surface area contributed by atoms with Gasteiger partial charge in [0.25, 0.3) is 11.6 Å². The van der Waals surface area contributed by atoms with Crippen LogP contribution in [0.25, 0.3) is 0 Å². The van der Waals surface area contributed by atoms with E-state index in [1.807, 2.05) is 30.3 Å². The first-order valence-corrected chi connectivity index (χ1v) is 10.0. The van der Waals surface area contributed by atoms with E-state index in [1.54, 1.807) is 24.3 Å². The number of rotatable bonds is 5. The van der Waals surface area contributed by atoms with Crippen LogP contribution < -0.4 is 9.64 Å². The molecule has 3 aromatic rings. The third kappa shape index (κ3) is 4.26. The highest BCUT2D eigenvalue weighted by atomic mass is 35.5. The standard InChI is InChI=1S/C23H17ClN2O6/c24-16-10-11-17(19(12-16)26(29)30)23(28)32-14-22(27)25-18-8-4-5-9-21(18)31-13-20(25)15-6-2-1-3-7-15/h1-12,20H,13-14H2. The Morgan fingerprint density at radius 1 is 1.09 bits per heavy atom. The van der Waals surface area contributed by atoms with Crippen molar-refractivity contribution in [3.63, 3.8) is 0 Å². The summed E-state index contributed by atoms with van der Waals surface area (Å²) in [6.45, 7) is -0.375. The predicted molar refractivity (Wildman–Crippen MR) is 117 cm³/mol. The van der Waals surface area contributed by atoms with Gasteiger partial charge in [0.05, 0.1) is 16.7 Å². The molecule has 1 heterocycles. The van der Waals surface area contributed by atoms with Gasteiger partial charge in [0.2, 0.25) is 0 Å². The molecule has 0 aliphatic carbocycles. The third-order valence-corrected chi connectivity index (χ3v) is 5.22. The minimum absolute atomic E-state index is 0.111. The third-order valence-electron chi connectivity index (χ3n) is 4.99. The molecule has 8 nitrogen and oxygen atoms in total. The Morgan fingerprint density at radius 2 is 1.81 bits per heavy atom. The van der Waals surface area contributed by atoms with Gasteiger partial charge in [-0.1, -0.05) is 54.1 Å². The van der Waals surface area contributed by atoms with Gasteiger partial charge < -0.3 is 9.47 Å². The molecule has 162 valence electrons. The number of hydrogen-bond acceptors (Lipinski definition) is 6. The van der Waals surface area contributed by atoms with Gasteiger partial charge in [0, 0.05) is 11.1 Å². The molecule has 9 heteroatoms. The number of fused-ring (bicyclic) bond motifs is 1. The lowest BCUT2D eigenvalue weighted by Crippen LogP contribution is -2.43. The Morgan fingerprint density at radius 3 is 2.56 bits per heavy atom. The number of hydrogen-bond donors (Lipinski definition) is 0. The van der Waals surface area contributed by atoms with Crippen LogP contribution in [-0.2, 0) is 9.53 Å². The highest BCUT2D eigenvalue weighted by molar-refractivity contribution is 6.31. The summed E-state index contributed by atoms with van der Waals surface area (Å²) in [6.07, 6.45) is 0. The second-order valence-corrected chi connectivity index (χ2v) is 7.40. The van der Waals surface area contributed by atoms with E-state index in [0.717, 1.165) is 11.6 Å². The number of carbonyl (C=O) groups excluding carboxylic acids is 2. The van der Waals surface area contributed by atoms with Gasteiger partial charge in [0.15, 0.2) is 6.61 Å². The molecular weight excluding hydrogens is 436 g/mol. The molecule has 0 spiro atoms. The second-order valence-electron chi connectivity index (χ2n) is 6.96. The molecule has 1 aliphatic rings. The topological polar surface area (TPSA) is 99.0 Å². The van der Waals surface area contributed by atoms with Gasteiger partial charge in [-0.3, -0.25) is 19.8 Å². The fourth-order valence-electron chi connectivity index (χ4n) is 3.52. The highest BCUT2D eigenvalue weighted by Crippen LogP contribution is 2.39. The monoisotopic (exact) mass is 452 g/mol. The van der Waals surface area contributed by atoms with Gasteiger partial charge in [0.1, 0.15) is 17.9 Å². The lowest BCUT2D eigenvalue weighted by molar-refractivity contribution is -0.385. The summed E-state index contributed by atoms with van der Waals surface area (Å²) < 4.78 is 11.0. The number of nitro groups is 1. The van der Waals surface area contributed by atoms with E-state index >= 15 is 0 Å². The van der Waals surface area contributed by atoms with E-state index < -0.39 is 35.1 Å². The van der Waals surface area contributed by atoms with Crippen LogP contribution in [0.4, 0.5) is 11.4 Å². The van der Waals surface area contributed by atoms with Gasteiger partial charge in [-0.15, -0.1) is 0 Å². The molecule has 1 atom stereocenters. The number of para-hydroxylation sites is 2. The minimum atomic E-state index is -0.987.